The molecule has 0 aliphatic carbocycles. The average molecular weight is 374 g/mol. The topological polar surface area (TPSA) is 59.8 Å². The Labute approximate surface area is 161 Å². The Bertz CT molecular complexity index is 1130. The number of amides is 1. The number of nitrogens with zero attached hydrogens (tertiary/aromatic N) is 3. The first-order chi connectivity index (χ1) is 13.6. The lowest BCUT2D eigenvalue weighted by atomic mass is 10.1. The Balaban J connectivity index is 1.59. The van der Waals surface area contributed by atoms with Gasteiger partial charge in [0.15, 0.2) is 5.65 Å². The molecule has 1 N–H and O–H groups in total. The molecule has 140 valence electrons. The molecule has 0 fully saturated rings. The summed E-state index contributed by atoms with van der Waals surface area (Å²) in [6.45, 7) is 2.83. The molecule has 0 aliphatic rings. The van der Waals surface area contributed by atoms with Crippen molar-refractivity contribution in [2.24, 2.45) is 0 Å². The molecule has 4 aromatic rings. The van der Waals surface area contributed by atoms with Gasteiger partial charge in [0.1, 0.15) is 17.2 Å². The smallest absolute Gasteiger partial charge is 0.251 e. The fourth-order valence-electron chi connectivity index (χ4n) is 3.19. The summed E-state index contributed by atoms with van der Waals surface area (Å²) in [4.78, 5) is 21.5. The van der Waals surface area contributed by atoms with Crippen LogP contribution in [0.5, 0.6) is 0 Å². The van der Waals surface area contributed by atoms with E-state index in [0.717, 1.165) is 22.3 Å². The van der Waals surface area contributed by atoms with Crippen LogP contribution in [0.2, 0.25) is 0 Å². The fraction of sp³-hybridized carbons (Fsp3) is 0.136. The summed E-state index contributed by atoms with van der Waals surface area (Å²) in [7, 11) is 0. The number of pyridine rings is 1. The summed E-state index contributed by atoms with van der Waals surface area (Å²) >= 11 is 0. The van der Waals surface area contributed by atoms with Gasteiger partial charge in [-0.1, -0.05) is 18.2 Å². The maximum Gasteiger partial charge on any atom is 0.251 e. The van der Waals surface area contributed by atoms with Crippen LogP contribution >= 0.6 is 0 Å². The van der Waals surface area contributed by atoms with Gasteiger partial charge in [0.05, 0.1) is 0 Å². The van der Waals surface area contributed by atoms with Gasteiger partial charge in [-0.05, 0) is 55.0 Å². The summed E-state index contributed by atoms with van der Waals surface area (Å²) in [6.07, 6.45) is 1.71. The third-order valence-corrected chi connectivity index (χ3v) is 4.62. The third-order valence-electron chi connectivity index (χ3n) is 4.62. The van der Waals surface area contributed by atoms with Crippen LogP contribution in [0.25, 0.3) is 22.6 Å². The van der Waals surface area contributed by atoms with E-state index in [2.05, 4.69) is 15.3 Å². The summed E-state index contributed by atoms with van der Waals surface area (Å²) in [5.74, 6) is 0.285. The van der Waals surface area contributed by atoms with Crippen molar-refractivity contribution < 1.29 is 9.18 Å². The predicted octanol–water partition coefficient (Wildman–Crippen LogP) is 3.98. The van der Waals surface area contributed by atoms with Crippen molar-refractivity contribution in [2.45, 2.75) is 13.5 Å². The number of aromatic nitrogens is 3. The molecular formula is C22H19FN4O. The molecule has 2 aromatic heterocycles. The summed E-state index contributed by atoms with van der Waals surface area (Å²) < 4.78 is 15.3. The van der Waals surface area contributed by atoms with E-state index in [1.165, 1.54) is 12.1 Å². The average Bonchev–Trinajstić information content (AvgIpc) is 3.07. The van der Waals surface area contributed by atoms with Crippen LogP contribution in [0.4, 0.5) is 4.39 Å². The quantitative estimate of drug-likeness (QED) is 0.575. The number of aryl methyl sites for hydroxylation is 1. The van der Waals surface area contributed by atoms with Crippen LogP contribution in [0, 0.1) is 12.7 Å². The van der Waals surface area contributed by atoms with Gasteiger partial charge < -0.3 is 9.88 Å². The minimum absolute atomic E-state index is 0.112. The summed E-state index contributed by atoms with van der Waals surface area (Å²) in [6, 6.07) is 17.4. The SMILES string of the molecule is Cc1ccccc1C(=O)NCCn1c(-c2ccc(F)cc2)nc2cccnc21. The van der Waals surface area contributed by atoms with E-state index in [1.807, 2.05) is 47.9 Å². The predicted molar refractivity (Wildman–Crippen MR) is 106 cm³/mol. The van der Waals surface area contributed by atoms with Crippen molar-refractivity contribution in [1.29, 1.82) is 0 Å². The number of hydrogen-bond donors (Lipinski definition) is 1. The number of fused-ring (bicyclic) bond motifs is 1. The molecule has 2 aromatic carbocycles. The number of imidazole rings is 1. The second-order valence-electron chi connectivity index (χ2n) is 6.51. The first kappa shape index (κ1) is 17.9. The van der Waals surface area contributed by atoms with Crippen molar-refractivity contribution in [3.63, 3.8) is 0 Å². The molecule has 0 saturated carbocycles. The Morgan fingerprint density at radius 1 is 1.07 bits per heavy atom. The molecule has 1 amide bonds. The number of carbonyl (C=O) groups excluding carboxylic acids is 1. The van der Waals surface area contributed by atoms with E-state index in [1.54, 1.807) is 18.3 Å². The second-order valence-corrected chi connectivity index (χ2v) is 6.51. The molecule has 28 heavy (non-hydrogen) atoms. The Kier molecular flexibility index (Phi) is 4.85. The first-order valence-electron chi connectivity index (χ1n) is 9.04. The van der Waals surface area contributed by atoms with Crippen molar-refractivity contribution in [3.8, 4) is 11.4 Å². The van der Waals surface area contributed by atoms with E-state index in [0.29, 0.717) is 24.5 Å². The van der Waals surface area contributed by atoms with E-state index in [4.69, 9.17) is 0 Å². The highest BCUT2D eigenvalue weighted by molar-refractivity contribution is 5.95. The largest absolute Gasteiger partial charge is 0.350 e. The number of nitrogens with one attached hydrogen (secondary N) is 1. The van der Waals surface area contributed by atoms with Crippen molar-refractivity contribution >= 4 is 17.1 Å². The van der Waals surface area contributed by atoms with Crippen molar-refractivity contribution in [2.75, 3.05) is 6.54 Å². The number of hydrogen-bond acceptors (Lipinski definition) is 3. The zero-order valence-electron chi connectivity index (χ0n) is 15.4. The molecule has 5 nitrogen and oxygen atoms in total. The number of halogens is 1. The minimum atomic E-state index is -0.296. The summed E-state index contributed by atoms with van der Waals surface area (Å²) in [5.41, 5.74) is 3.88. The molecule has 6 heteroatoms. The van der Waals surface area contributed by atoms with Crippen LogP contribution in [0.1, 0.15) is 15.9 Å². The molecule has 0 unspecified atom stereocenters. The molecule has 0 atom stereocenters. The zero-order valence-corrected chi connectivity index (χ0v) is 15.4. The lowest BCUT2D eigenvalue weighted by Crippen LogP contribution is -2.28. The normalized spacial score (nSPS) is 10.9. The standard InChI is InChI=1S/C22H19FN4O/c1-15-5-2-3-6-18(15)22(28)25-13-14-27-20(16-8-10-17(23)11-9-16)26-19-7-4-12-24-21(19)27/h2-12H,13-14H2,1H3,(H,25,28). The van der Waals surface area contributed by atoms with Crippen LogP contribution in [0.15, 0.2) is 66.9 Å². The Hall–Kier alpha value is -3.54. The molecule has 0 saturated heterocycles. The van der Waals surface area contributed by atoms with Gasteiger partial charge >= 0.3 is 0 Å². The highest BCUT2D eigenvalue weighted by atomic mass is 19.1. The molecule has 0 spiro atoms. The number of carbonyl (C=O) groups is 1. The third kappa shape index (κ3) is 3.49. The molecule has 4 rings (SSSR count). The van der Waals surface area contributed by atoms with E-state index in [9.17, 15) is 9.18 Å². The molecule has 0 aliphatic heterocycles. The molecular weight excluding hydrogens is 355 g/mol. The van der Waals surface area contributed by atoms with Gasteiger partial charge in [-0.2, -0.15) is 0 Å². The highest BCUT2D eigenvalue weighted by Crippen LogP contribution is 2.23. The first-order valence-corrected chi connectivity index (χ1v) is 9.04. The van der Waals surface area contributed by atoms with Crippen LogP contribution in [-0.4, -0.2) is 27.0 Å². The number of benzene rings is 2. The maximum absolute atomic E-state index is 13.3. The molecule has 0 radical (unpaired) electrons. The van der Waals surface area contributed by atoms with Crippen LogP contribution < -0.4 is 5.32 Å². The van der Waals surface area contributed by atoms with Gasteiger partial charge in [-0.25, -0.2) is 14.4 Å². The van der Waals surface area contributed by atoms with Gasteiger partial charge in [-0.15, -0.1) is 0 Å². The highest BCUT2D eigenvalue weighted by Gasteiger charge is 2.14. The van der Waals surface area contributed by atoms with E-state index in [-0.39, 0.29) is 11.7 Å². The van der Waals surface area contributed by atoms with Crippen LogP contribution in [0.3, 0.4) is 0 Å². The summed E-state index contributed by atoms with van der Waals surface area (Å²) in [5, 5.41) is 2.96. The molecule has 2 heterocycles. The van der Waals surface area contributed by atoms with Crippen molar-refractivity contribution in [3.05, 3.63) is 83.8 Å². The lowest BCUT2D eigenvalue weighted by Gasteiger charge is -2.11. The lowest BCUT2D eigenvalue weighted by molar-refractivity contribution is 0.0952. The Morgan fingerprint density at radius 2 is 1.86 bits per heavy atom. The van der Waals surface area contributed by atoms with Gasteiger partial charge in [-0.3, -0.25) is 4.79 Å². The zero-order chi connectivity index (χ0) is 19.5. The molecule has 0 bridgehead atoms. The number of rotatable bonds is 5. The Morgan fingerprint density at radius 3 is 2.64 bits per heavy atom. The van der Waals surface area contributed by atoms with Gasteiger partial charge in [0, 0.05) is 30.4 Å². The maximum atomic E-state index is 13.3. The minimum Gasteiger partial charge on any atom is -0.350 e. The fourth-order valence-corrected chi connectivity index (χ4v) is 3.19. The second kappa shape index (κ2) is 7.60. The van der Waals surface area contributed by atoms with Crippen molar-refractivity contribution in [1.82, 2.24) is 19.9 Å². The van der Waals surface area contributed by atoms with Crippen LogP contribution in [-0.2, 0) is 6.54 Å². The van der Waals surface area contributed by atoms with Gasteiger partial charge in [0.2, 0.25) is 0 Å². The van der Waals surface area contributed by atoms with Gasteiger partial charge in [0.25, 0.3) is 5.91 Å². The van der Waals surface area contributed by atoms with E-state index < -0.39 is 0 Å². The monoisotopic (exact) mass is 374 g/mol. The van der Waals surface area contributed by atoms with E-state index >= 15 is 0 Å².